The third-order valence-electron chi connectivity index (χ3n) is 2.75. The van der Waals surface area contributed by atoms with E-state index in [2.05, 4.69) is 0 Å². The predicted molar refractivity (Wildman–Crippen MR) is 61.9 cm³/mol. The molecule has 1 aromatic rings. The van der Waals surface area contributed by atoms with Crippen molar-refractivity contribution in [3.63, 3.8) is 0 Å². The maximum Gasteiger partial charge on any atom is 0.338 e. The normalized spacial score (nSPS) is 27.1. The van der Waals surface area contributed by atoms with E-state index >= 15 is 0 Å². The van der Waals surface area contributed by atoms with Gasteiger partial charge in [0, 0.05) is 13.5 Å². The molecule has 1 saturated heterocycles. The largest absolute Gasteiger partial charge is 0.459 e. The number of carbonyl (C=O) groups is 1. The fraction of sp³-hybridized carbons (Fsp3) is 0.462. The fourth-order valence-corrected chi connectivity index (χ4v) is 1.83. The van der Waals surface area contributed by atoms with E-state index in [0.717, 1.165) is 0 Å². The maximum atomic E-state index is 13.3. The fourth-order valence-electron chi connectivity index (χ4n) is 1.83. The molecule has 5 heteroatoms. The van der Waals surface area contributed by atoms with Gasteiger partial charge in [-0.25, -0.2) is 9.18 Å². The second-order valence-corrected chi connectivity index (χ2v) is 4.08. The third kappa shape index (κ3) is 3.05. The van der Waals surface area contributed by atoms with Crippen LogP contribution in [0.25, 0.3) is 0 Å². The number of alkyl halides is 1. The van der Waals surface area contributed by atoms with Crippen LogP contribution in [0.2, 0.25) is 0 Å². The molecule has 3 atom stereocenters. The number of hydrogen-bond donors (Lipinski definition) is 0. The number of esters is 1. The second kappa shape index (κ2) is 5.93. The first-order valence-electron chi connectivity index (χ1n) is 5.75. The van der Waals surface area contributed by atoms with Gasteiger partial charge in [-0.1, -0.05) is 18.2 Å². The van der Waals surface area contributed by atoms with Gasteiger partial charge in [-0.05, 0) is 12.1 Å². The molecule has 0 spiro atoms. The average Bonchev–Trinajstić information content (AvgIpc) is 2.77. The van der Waals surface area contributed by atoms with Gasteiger partial charge in [0.15, 0.2) is 12.5 Å². The molecule has 0 amide bonds. The minimum Gasteiger partial charge on any atom is -0.459 e. The van der Waals surface area contributed by atoms with Gasteiger partial charge < -0.3 is 14.2 Å². The summed E-state index contributed by atoms with van der Waals surface area (Å²) in [6.07, 6.45) is -2.29. The van der Waals surface area contributed by atoms with Gasteiger partial charge in [-0.2, -0.15) is 0 Å². The Morgan fingerprint density at radius 3 is 2.78 bits per heavy atom. The molecule has 0 unspecified atom stereocenters. The van der Waals surface area contributed by atoms with E-state index in [9.17, 15) is 9.18 Å². The molecule has 4 nitrogen and oxygen atoms in total. The summed E-state index contributed by atoms with van der Waals surface area (Å²) in [6, 6.07) is 8.64. The summed E-state index contributed by atoms with van der Waals surface area (Å²) < 4.78 is 28.4. The van der Waals surface area contributed by atoms with Gasteiger partial charge in [0.05, 0.1) is 11.7 Å². The summed E-state index contributed by atoms with van der Waals surface area (Å²) in [6.45, 7) is 0.0357. The Bertz CT molecular complexity index is 395. The van der Waals surface area contributed by atoms with Gasteiger partial charge >= 0.3 is 5.97 Å². The lowest BCUT2D eigenvalue weighted by molar-refractivity contribution is -0.141. The van der Waals surface area contributed by atoms with E-state index in [-0.39, 0.29) is 13.0 Å². The van der Waals surface area contributed by atoms with Crippen LogP contribution in [0.5, 0.6) is 0 Å². The zero-order chi connectivity index (χ0) is 13.0. The SMILES string of the molecule is CO[C@H]1O[C@@H](COC(=O)c2ccccc2)C[C@@H]1F. The molecule has 2 rings (SSSR count). The van der Waals surface area contributed by atoms with E-state index < -0.39 is 24.5 Å². The van der Waals surface area contributed by atoms with Crippen LogP contribution >= 0.6 is 0 Å². The van der Waals surface area contributed by atoms with E-state index in [0.29, 0.717) is 5.56 Å². The van der Waals surface area contributed by atoms with Crippen LogP contribution in [0.4, 0.5) is 4.39 Å². The Hall–Kier alpha value is -1.46. The molecule has 1 aliphatic heterocycles. The molecule has 1 heterocycles. The first-order valence-corrected chi connectivity index (χ1v) is 5.75. The third-order valence-corrected chi connectivity index (χ3v) is 2.75. The maximum absolute atomic E-state index is 13.3. The molecule has 0 aromatic heterocycles. The van der Waals surface area contributed by atoms with Crippen LogP contribution in [0.1, 0.15) is 16.8 Å². The zero-order valence-electron chi connectivity index (χ0n) is 10.0. The van der Waals surface area contributed by atoms with Crippen molar-refractivity contribution in [1.82, 2.24) is 0 Å². The van der Waals surface area contributed by atoms with E-state index in [4.69, 9.17) is 14.2 Å². The van der Waals surface area contributed by atoms with E-state index in [1.54, 1.807) is 24.3 Å². The number of rotatable bonds is 4. The van der Waals surface area contributed by atoms with Crippen molar-refractivity contribution in [1.29, 1.82) is 0 Å². The Balaban J connectivity index is 1.81. The van der Waals surface area contributed by atoms with Crippen molar-refractivity contribution in [3.05, 3.63) is 35.9 Å². The Morgan fingerprint density at radius 2 is 2.17 bits per heavy atom. The van der Waals surface area contributed by atoms with Gasteiger partial charge in [-0.15, -0.1) is 0 Å². The number of halogens is 1. The molecule has 0 saturated carbocycles. The minimum atomic E-state index is -1.17. The summed E-state index contributed by atoms with van der Waals surface area (Å²) in [5.41, 5.74) is 0.468. The molecule has 0 N–H and O–H groups in total. The lowest BCUT2D eigenvalue weighted by Gasteiger charge is -2.12. The highest BCUT2D eigenvalue weighted by Gasteiger charge is 2.36. The Morgan fingerprint density at radius 1 is 1.44 bits per heavy atom. The molecule has 1 aromatic carbocycles. The van der Waals surface area contributed by atoms with Crippen LogP contribution in [0.15, 0.2) is 30.3 Å². The topological polar surface area (TPSA) is 44.8 Å². The molecule has 0 radical (unpaired) electrons. The number of methoxy groups -OCH3 is 1. The molecule has 0 aliphatic carbocycles. The number of hydrogen-bond acceptors (Lipinski definition) is 4. The smallest absolute Gasteiger partial charge is 0.338 e. The van der Waals surface area contributed by atoms with Crippen molar-refractivity contribution in [2.75, 3.05) is 13.7 Å². The highest BCUT2D eigenvalue weighted by molar-refractivity contribution is 5.89. The van der Waals surface area contributed by atoms with Gasteiger partial charge in [0.1, 0.15) is 6.61 Å². The number of ether oxygens (including phenoxy) is 3. The lowest BCUT2D eigenvalue weighted by atomic mass is 10.2. The Labute approximate surface area is 105 Å². The summed E-state index contributed by atoms with van der Waals surface area (Å²) in [4.78, 5) is 11.6. The van der Waals surface area contributed by atoms with Crippen LogP contribution in [0.3, 0.4) is 0 Å². The van der Waals surface area contributed by atoms with Gasteiger partial charge in [0.2, 0.25) is 0 Å². The molecule has 18 heavy (non-hydrogen) atoms. The Kier molecular flexibility index (Phi) is 4.28. The van der Waals surface area contributed by atoms with Crippen molar-refractivity contribution in [2.45, 2.75) is 25.0 Å². The van der Waals surface area contributed by atoms with Crippen LogP contribution < -0.4 is 0 Å². The molecule has 98 valence electrons. The molecule has 1 aliphatic rings. The standard InChI is InChI=1S/C13H15FO4/c1-16-13-11(14)7-10(18-13)8-17-12(15)9-5-3-2-4-6-9/h2-6,10-11,13H,7-8H2,1H3/t10-,11+,13+/m1/s1. The lowest BCUT2D eigenvalue weighted by Crippen LogP contribution is -2.21. The highest BCUT2D eigenvalue weighted by atomic mass is 19.1. The summed E-state index contributed by atoms with van der Waals surface area (Å²) in [5.74, 6) is -0.435. The van der Waals surface area contributed by atoms with E-state index in [1.807, 2.05) is 6.07 Å². The highest BCUT2D eigenvalue weighted by Crippen LogP contribution is 2.24. The quantitative estimate of drug-likeness (QED) is 0.770. The minimum absolute atomic E-state index is 0.0357. The molecular weight excluding hydrogens is 239 g/mol. The van der Waals surface area contributed by atoms with Gasteiger partial charge in [-0.3, -0.25) is 0 Å². The second-order valence-electron chi connectivity index (χ2n) is 4.08. The summed E-state index contributed by atoms with van der Waals surface area (Å²) >= 11 is 0. The predicted octanol–water partition coefficient (Wildman–Crippen LogP) is 1.94. The van der Waals surface area contributed by atoms with Gasteiger partial charge in [0.25, 0.3) is 0 Å². The zero-order valence-corrected chi connectivity index (χ0v) is 10.0. The summed E-state index contributed by atoms with van der Waals surface area (Å²) in [7, 11) is 1.38. The van der Waals surface area contributed by atoms with E-state index in [1.165, 1.54) is 7.11 Å². The molecule has 1 fully saturated rings. The average molecular weight is 254 g/mol. The summed E-state index contributed by atoms with van der Waals surface area (Å²) in [5, 5.41) is 0. The molecular formula is C13H15FO4. The van der Waals surface area contributed by atoms with Crippen molar-refractivity contribution < 1.29 is 23.4 Å². The number of benzene rings is 1. The number of carbonyl (C=O) groups excluding carboxylic acids is 1. The first-order chi connectivity index (χ1) is 8.70. The first kappa shape index (κ1) is 13.0. The van der Waals surface area contributed by atoms with Crippen LogP contribution in [0, 0.1) is 0 Å². The molecule has 0 bridgehead atoms. The van der Waals surface area contributed by atoms with Crippen LogP contribution in [-0.2, 0) is 14.2 Å². The van der Waals surface area contributed by atoms with Crippen molar-refractivity contribution >= 4 is 5.97 Å². The van der Waals surface area contributed by atoms with Crippen LogP contribution in [-0.4, -0.2) is 38.3 Å². The monoisotopic (exact) mass is 254 g/mol. The van der Waals surface area contributed by atoms with Crippen molar-refractivity contribution in [3.8, 4) is 0 Å². The van der Waals surface area contributed by atoms with Crippen molar-refractivity contribution in [2.24, 2.45) is 0 Å².